The van der Waals surface area contributed by atoms with Crippen molar-refractivity contribution in [3.63, 3.8) is 0 Å². The second-order valence-corrected chi connectivity index (χ2v) is 4.04. The van der Waals surface area contributed by atoms with Crippen LogP contribution < -0.4 is 4.74 Å². The molecule has 0 bridgehead atoms. The zero-order valence-electron chi connectivity index (χ0n) is 10.2. The van der Waals surface area contributed by atoms with Crippen molar-refractivity contribution in [1.82, 2.24) is 0 Å². The molecule has 0 radical (unpaired) electrons. The van der Waals surface area contributed by atoms with Crippen molar-refractivity contribution in [2.24, 2.45) is 0 Å². The standard InChI is InChI=1S/C13H20O3/c1-10(2)15-6-7-16-13-5-4-11(3)8-12(13)9-14/h4-5,8,10,14H,6-7,9H2,1-3H3. The third-order valence-electron chi connectivity index (χ3n) is 2.18. The molecule has 1 N–H and O–H groups in total. The molecule has 0 saturated heterocycles. The van der Waals surface area contributed by atoms with Crippen LogP contribution in [0.4, 0.5) is 0 Å². The van der Waals surface area contributed by atoms with Crippen LogP contribution >= 0.6 is 0 Å². The van der Waals surface area contributed by atoms with Crippen molar-refractivity contribution in [3.8, 4) is 5.75 Å². The maximum Gasteiger partial charge on any atom is 0.124 e. The average Bonchev–Trinajstić information content (AvgIpc) is 2.25. The number of hydrogen-bond donors (Lipinski definition) is 1. The highest BCUT2D eigenvalue weighted by Gasteiger charge is 2.03. The highest BCUT2D eigenvalue weighted by molar-refractivity contribution is 5.36. The van der Waals surface area contributed by atoms with Crippen LogP contribution in [0.2, 0.25) is 0 Å². The van der Waals surface area contributed by atoms with Crippen LogP contribution in [-0.4, -0.2) is 24.4 Å². The molecule has 90 valence electrons. The minimum atomic E-state index is 0.00203. The van der Waals surface area contributed by atoms with Gasteiger partial charge in [-0.3, -0.25) is 0 Å². The van der Waals surface area contributed by atoms with Crippen LogP contribution in [0.3, 0.4) is 0 Å². The van der Waals surface area contributed by atoms with Gasteiger partial charge in [0.1, 0.15) is 12.4 Å². The Morgan fingerprint density at radius 1 is 1.25 bits per heavy atom. The Morgan fingerprint density at radius 2 is 2.00 bits per heavy atom. The second kappa shape index (κ2) is 6.51. The van der Waals surface area contributed by atoms with Crippen molar-refractivity contribution in [2.75, 3.05) is 13.2 Å². The van der Waals surface area contributed by atoms with Crippen molar-refractivity contribution >= 4 is 0 Å². The lowest BCUT2D eigenvalue weighted by Crippen LogP contribution is -2.12. The predicted octanol–water partition coefficient (Wildman–Crippen LogP) is 2.29. The number of rotatable bonds is 6. The molecule has 0 fully saturated rings. The second-order valence-electron chi connectivity index (χ2n) is 4.04. The molecule has 0 aliphatic carbocycles. The minimum Gasteiger partial charge on any atom is -0.491 e. The Kier molecular flexibility index (Phi) is 5.29. The zero-order valence-corrected chi connectivity index (χ0v) is 10.2. The van der Waals surface area contributed by atoms with Crippen LogP contribution in [0.1, 0.15) is 25.0 Å². The summed E-state index contributed by atoms with van der Waals surface area (Å²) in [6, 6.07) is 5.78. The lowest BCUT2D eigenvalue weighted by atomic mass is 10.1. The van der Waals surface area contributed by atoms with E-state index in [2.05, 4.69) is 0 Å². The van der Waals surface area contributed by atoms with Crippen LogP contribution in [0, 0.1) is 6.92 Å². The van der Waals surface area contributed by atoms with E-state index in [1.807, 2.05) is 39.0 Å². The summed E-state index contributed by atoms with van der Waals surface area (Å²) in [7, 11) is 0. The quantitative estimate of drug-likeness (QED) is 0.753. The third-order valence-corrected chi connectivity index (χ3v) is 2.18. The first-order valence-electron chi connectivity index (χ1n) is 5.58. The molecule has 0 spiro atoms. The number of ether oxygens (including phenoxy) is 2. The van der Waals surface area contributed by atoms with E-state index in [9.17, 15) is 5.11 Å². The minimum absolute atomic E-state index is 0.00203. The van der Waals surface area contributed by atoms with Gasteiger partial charge in [0.05, 0.1) is 19.3 Å². The van der Waals surface area contributed by atoms with Gasteiger partial charge in [-0.15, -0.1) is 0 Å². The number of benzene rings is 1. The van der Waals surface area contributed by atoms with E-state index in [1.165, 1.54) is 0 Å². The fourth-order valence-electron chi connectivity index (χ4n) is 1.41. The molecule has 0 atom stereocenters. The van der Waals surface area contributed by atoms with Gasteiger partial charge >= 0.3 is 0 Å². The summed E-state index contributed by atoms with van der Waals surface area (Å²) in [5.74, 6) is 0.737. The molecule has 0 amide bonds. The van der Waals surface area contributed by atoms with E-state index in [0.717, 1.165) is 16.9 Å². The first-order chi connectivity index (χ1) is 7.63. The number of aliphatic hydroxyl groups excluding tert-OH is 1. The van der Waals surface area contributed by atoms with Crippen LogP contribution in [0.25, 0.3) is 0 Å². The molecule has 3 nitrogen and oxygen atoms in total. The average molecular weight is 224 g/mol. The summed E-state index contributed by atoms with van der Waals surface area (Å²) in [6.07, 6.45) is 0.221. The summed E-state index contributed by atoms with van der Waals surface area (Å²) in [5.41, 5.74) is 1.94. The monoisotopic (exact) mass is 224 g/mol. The molecule has 0 aromatic heterocycles. The van der Waals surface area contributed by atoms with E-state index < -0.39 is 0 Å². The summed E-state index contributed by atoms with van der Waals surface area (Å²) in [4.78, 5) is 0. The Hall–Kier alpha value is -1.06. The van der Waals surface area contributed by atoms with Gasteiger partial charge in [0.15, 0.2) is 0 Å². The largest absolute Gasteiger partial charge is 0.491 e. The van der Waals surface area contributed by atoms with E-state index in [0.29, 0.717) is 13.2 Å². The van der Waals surface area contributed by atoms with Crippen molar-refractivity contribution < 1.29 is 14.6 Å². The number of hydrogen-bond acceptors (Lipinski definition) is 3. The van der Waals surface area contributed by atoms with Crippen LogP contribution in [-0.2, 0) is 11.3 Å². The number of aryl methyl sites for hydroxylation is 1. The van der Waals surface area contributed by atoms with Crippen LogP contribution in [0.15, 0.2) is 18.2 Å². The van der Waals surface area contributed by atoms with Gasteiger partial charge in [0, 0.05) is 5.56 Å². The lowest BCUT2D eigenvalue weighted by Gasteiger charge is -2.12. The van der Waals surface area contributed by atoms with Crippen LogP contribution in [0.5, 0.6) is 5.75 Å². The van der Waals surface area contributed by atoms with Crippen molar-refractivity contribution in [1.29, 1.82) is 0 Å². The van der Waals surface area contributed by atoms with Gasteiger partial charge in [-0.05, 0) is 26.8 Å². The van der Waals surface area contributed by atoms with E-state index in [-0.39, 0.29) is 12.7 Å². The zero-order chi connectivity index (χ0) is 12.0. The SMILES string of the molecule is Cc1ccc(OCCOC(C)C)c(CO)c1. The predicted molar refractivity (Wildman–Crippen MR) is 63.7 cm³/mol. The molecule has 1 aromatic carbocycles. The molecule has 16 heavy (non-hydrogen) atoms. The smallest absolute Gasteiger partial charge is 0.124 e. The molecule has 0 aliphatic rings. The molecule has 0 aliphatic heterocycles. The summed E-state index contributed by atoms with van der Waals surface area (Å²) < 4.78 is 10.9. The molecule has 3 heteroatoms. The maximum absolute atomic E-state index is 9.18. The summed E-state index contributed by atoms with van der Waals surface area (Å²) in [6.45, 7) is 7.05. The molecule has 0 heterocycles. The Bertz CT molecular complexity index is 321. The lowest BCUT2D eigenvalue weighted by molar-refractivity contribution is 0.0547. The normalized spacial score (nSPS) is 10.8. The number of aliphatic hydroxyl groups is 1. The third kappa shape index (κ3) is 4.21. The Morgan fingerprint density at radius 3 is 2.62 bits per heavy atom. The fraction of sp³-hybridized carbons (Fsp3) is 0.538. The van der Waals surface area contributed by atoms with Gasteiger partial charge in [-0.25, -0.2) is 0 Å². The first-order valence-corrected chi connectivity index (χ1v) is 5.58. The van der Waals surface area contributed by atoms with Crippen molar-refractivity contribution in [3.05, 3.63) is 29.3 Å². The van der Waals surface area contributed by atoms with Gasteiger partial charge in [0.2, 0.25) is 0 Å². The highest BCUT2D eigenvalue weighted by Crippen LogP contribution is 2.19. The first kappa shape index (κ1) is 13.0. The van der Waals surface area contributed by atoms with Gasteiger partial charge in [-0.1, -0.05) is 17.7 Å². The maximum atomic E-state index is 9.18. The highest BCUT2D eigenvalue weighted by atomic mass is 16.5. The molecule has 1 rings (SSSR count). The Labute approximate surface area is 97.0 Å². The molecule has 0 saturated carbocycles. The topological polar surface area (TPSA) is 38.7 Å². The van der Waals surface area contributed by atoms with E-state index >= 15 is 0 Å². The van der Waals surface area contributed by atoms with Gasteiger partial charge in [0.25, 0.3) is 0 Å². The summed E-state index contributed by atoms with van der Waals surface area (Å²) in [5, 5.41) is 9.18. The summed E-state index contributed by atoms with van der Waals surface area (Å²) >= 11 is 0. The van der Waals surface area contributed by atoms with Gasteiger partial charge < -0.3 is 14.6 Å². The molecular weight excluding hydrogens is 204 g/mol. The molecule has 0 unspecified atom stereocenters. The van der Waals surface area contributed by atoms with Crippen molar-refractivity contribution in [2.45, 2.75) is 33.5 Å². The Balaban J connectivity index is 2.47. The van der Waals surface area contributed by atoms with Gasteiger partial charge in [-0.2, -0.15) is 0 Å². The van der Waals surface area contributed by atoms with E-state index in [1.54, 1.807) is 0 Å². The molecule has 1 aromatic rings. The fourth-order valence-corrected chi connectivity index (χ4v) is 1.41. The molecular formula is C13H20O3. The van der Waals surface area contributed by atoms with E-state index in [4.69, 9.17) is 9.47 Å².